The maximum Gasteiger partial charge on any atom is 0.303 e. The summed E-state index contributed by atoms with van der Waals surface area (Å²) in [5.41, 5.74) is 0. The first kappa shape index (κ1) is 15.4. The van der Waals surface area contributed by atoms with Gasteiger partial charge in [-0.2, -0.15) is 0 Å². The molecule has 0 bridgehead atoms. The van der Waals surface area contributed by atoms with E-state index in [0.29, 0.717) is 5.92 Å². The minimum atomic E-state index is -1.04. The van der Waals surface area contributed by atoms with E-state index in [1.54, 1.807) is 0 Å². The Bertz CT molecular complexity index is 282. The number of likely N-dealkylation sites (N-methyl/N-ethyl adjacent to an activating group) is 1. The van der Waals surface area contributed by atoms with Crippen LogP contribution in [0.3, 0.4) is 0 Å². The molecule has 0 radical (unpaired) electrons. The maximum atomic E-state index is 11.1. The van der Waals surface area contributed by atoms with E-state index < -0.39 is 12.4 Å². The van der Waals surface area contributed by atoms with Gasteiger partial charge in [0.15, 0.2) is 12.4 Å². The van der Waals surface area contributed by atoms with E-state index in [9.17, 15) is 9.90 Å². The first-order valence-corrected chi connectivity index (χ1v) is 6.52. The lowest BCUT2D eigenvalue weighted by Gasteiger charge is -2.42. The summed E-state index contributed by atoms with van der Waals surface area (Å²) in [6.07, 6.45) is -0.941. The van der Waals surface area contributed by atoms with Crippen LogP contribution in [-0.4, -0.2) is 54.1 Å². The zero-order valence-corrected chi connectivity index (χ0v) is 11.9. The molecule has 1 aliphatic rings. The maximum absolute atomic E-state index is 11.1. The van der Waals surface area contributed by atoms with Crippen LogP contribution in [0, 0.1) is 5.92 Å². The number of hydrogen-bond donors (Lipinski definition) is 1. The molecule has 1 rings (SSSR count). The van der Waals surface area contributed by atoms with Crippen LogP contribution in [0.25, 0.3) is 0 Å². The fraction of sp³-hybridized carbons (Fsp3) is 0.923. The van der Waals surface area contributed by atoms with Crippen molar-refractivity contribution in [2.24, 2.45) is 5.92 Å². The molecule has 0 aromatic heterocycles. The summed E-state index contributed by atoms with van der Waals surface area (Å²) >= 11 is 0. The zero-order valence-electron chi connectivity index (χ0n) is 11.9. The van der Waals surface area contributed by atoms with Gasteiger partial charge >= 0.3 is 5.97 Å². The monoisotopic (exact) mass is 259 g/mol. The van der Waals surface area contributed by atoms with Crippen molar-refractivity contribution in [3.63, 3.8) is 0 Å². The minimum absolute atomic E-state index is 0.00458. The number of aliphatic hydroxyl groups is 1. The molecule has 1 aliphatic heterocycles. The highest BCUT2D eigenvalue weighted by atomic mass is 16.6. The van der Waals surface area contributed by atoms with E-state index in [2.05, 4.69) is 18.7 Å². The van der Waals surface area contributed by atoms with Crippen molar-refractivity contribution in [3.05, 3.63) is 0 Å². The fourth-order valence-corrected chi connectivity index (χ4v) is 2.51. The molecule has 1 fully saturated rings. The third-order valence-corrected chi connectivity index (χ3v) is 3.13. The highest BCUT2D eigenvalue weighted by Gasteiger charge is 2.40. The Labute approximate surface area is 109 Å². The van der Waals surface area contributed by atoms with Gasteiger partial charge in [0.05, 0.1) is 12.1 Å². The molecular weight excluding hydrogens is 234 g/mol. The van der Waals surface area contributed by atoms with E-state index in [-0.39, 0.29) is 18.1 Å². The van der Waals surface area contributed by atoms with Crippen molar-refractivity contribution < 1.29 is 19.4 Å². The smallest absolute Gasteiger partial charge is 0.303 e. The van der Waals surface area contributed by atoms with Crippen LogP contribution in [0.4, 0.5) is 0 Å². The van der Waals surface area contributed by atoms with Gasteiger partial charge in [-0.1, -0.05) is 13.8 Å². The van der Waals surface area contributed by atoms with Gasteiger partial charge in [-0.05, 0) is 26.3 Å². The molecule has 0 saturated carbocycles. The summed E-state index contributed by atoms with van der Waals surface area (Å²) in [5, 5.41) is 9.92. The summed E-state index contributed by atoms with van der Waals surface area (Å²) in [6.45, 7) is 8.43. The Morgan fingerprint density at radius 1 is 1.56 bits per heavy atom. The lowest BCUT2D eigenvalue weighted by atomic mass is 9.98. The third-order valence-electron chi connectivity index (χ3n) is 3.13. The molecule has 0 aromatic carbocycles. The molecule has 0 aliphatic carbocycles. The van der Waals surface area contributed by atoms with Crippen LogP contribution < -0.4 is 0 Å². The fourth-order valence-electron chi connectivity index (χ4n) is 2.51. The number of nitrogens with zero attached hydrogens (tertiary/aromatic N) is 1. The summed E-state index contributed by atoms with van der Waals surface area (Å²) in [6, 6.07) is -0.00458. The number of esters is 1. The predicted molar refractivity (Wildman–Crippen MR) is 68.0 cm³/mol. The highest BCUT2D eigenvalue weighted by Crippen LogP contribution is 2.25. The number of ether oxygens (including phenoxy) is 2. The molecule has 18 heavy (non-hydrogen) atoms. The molecule has 106 valence electrons. The van der Waals surface area contributed by atoms with Gasteiger partial charge in [-0.3, -0.25) is 9.69 Å². The Balaban J connectivity index is 2.76. The SMILES string of the molecule is CC(=O)O[C@H]1C(O)O[C@H](C)C[C@@H]1N(C)CC(C)C. The average Bonchev–Trinajstić information content (AvgIpc) is 2.20. The summed E-state index contributed by atoms with van der Waals surface area (Å²) in [7, 11) is 1.99. The summed E-state index contributed by atoms with van der Waals surface area (Å²) < 4.78 is 10.5. The zero-order chi connectivity index (χ0) is 13.9. The lowest BCUT2D eigenvalue weighted by Crippen LogP contribution is -2.56. The lowest BCUT2D eigenvalue weighted by molar-refractivity contribution is -0.241. The van der Waals surface area contributed by atoms with E-state index in [1.807, 2.05) is 14.0 Å². The number of aliphatic hydroxyl groups excluding tert-OH is 1. The van der Waals surface area contributed by atoms with Crippen molar-refractivity contribution in [2.75, 3.05) is 13.6 Å². The van der Waals surface area contributed by atoms with E-state index in [1.165, 1.54) is 6.92 Å². The van der Waals surface area contributed by atoms with Gasteiger partial charge in [0.1, 0.15) is 0 Å². The van der Waals surface area contributed by atoms with E-state index in [0.717, 1.165) is 13.0 Å². The molecule has 1 unspecified atom stereocenters. The third kappa shape index (κ3) is 4.23. The molecule has 0 spiro atoms. The first-order chi connectivity index (χ1) is 8.31. The van der Waals surface area contributed by atoms with Crippen LogP contribution in [0.15, 0.2) is 0 Å². The van der Waals surface area contributed by atoms with Gasteiger partial charge in [-0.25, -0.2) is 0 Å². The Morgan fingerprint density at radius 2 is 2.17 bits per heavy atom. The van der Waals surface area contributed by atoms with Gasteiger partial charge in [0.25, 0.3) is 0 Å². The second-order valence-corrected chi connectivity index (χ2v) is 5.55. The van der Waals surface area contributed by atoms with Crippen molar-refractivity contribution in [1.82, 2.24) is 4.90 Å². The summed E-state index contributed by atoms with van der Waals surface area (Å²) in [5.74, 6) is 0.128. The second kappa shape index (κ2) is 6.50. The molecular formula is C13H25NO4. The topological polar surface area (TPSA) is 59.0 Å². The largest absolute Gasteiger partial charge is 0.455 e. The van der Waals surface area contributed by atoms with Crippen molar-refractivity contribution in [3.8, 4) is 0 Å². The van der Waals surface area contributed by atoms with Gasteiger partial charge in [0, 0.05) is 13.5 Å². The predicted octanol–water partition coefficient (Wildman–Crippen LogP) is 1.00. The molecule has 0 aromatic rings. The van der Waals surface area contributed by atoms with Crippen molar-refractivity contribution in [1.29, 1.82) is 0 Å². The number of rotatable bonds is 4. The van der Waals surface area contributed by atoms with Crippen LogP contribution in [-0.2, 0) is 14.3 Å². The highest BCUT2D eigenvalue weighted by molar-refractivity contribution is 5.66. The van der Waals surface area contributed by atoms with Crippen LogP contribution in [0.5, 0.6) is 0 Å². The molecule has 5 heteroatoms. The Hall–Kier alpha value is -0.650. The van der Waals surface area contributed by atoms with E-state index >= 15 is 0 Å². The van der Waals surface area contributed by atoms with Gasteiger partial charge < -0.3 is 14.6 Å². The molecule has 4 atom stereocenters. The number of hydrogen-bond acceptors (Lipinski definition) is 5. The number of carbonyl (C=O) groups is 1. The molecule has 5 nitrogen and oxygen atoms in total. The second-order valence-electron chi connectivity index (χ2n) is 5.55. The normalized spacial score (nSPS) is 32.9. The minimum Gasteiger partial charge on any atom is -0.455 e. The van der Waals surface area contributed by atoms with Crippen molar-refractivity contribution in [2.45, 2.75) is 58.7 Å². The Kier molecular flexibility index (Phi) is 5.56. The Morgan fingerprint density at radius 3 is 2.67 bits per heavy atom. The molecule has 1 N–H and O–H groups in total. The standard InChI is InChI=1S/C13H25NO4/c1-8(2)7-14(5)11-6-9(3)17-13(16)12(11)18-10(4)15/h8-9,11-13,16H,6-7H2,1-5H3/t9-,11+,12-,13?/m1/s1. The summed E-state index contributed by atoms with van der Waals surface area (Å²) in [4.78, 5) is 13.3. The quantitative estimate of drug-likeness (QED) is 0.763. The van der Waals surface area contributed by atoms with Crippen LogP contribution in [0.1, 0.15) is 34.1 Å². The molecule has 1 heterocycles. The van der Waals surface area contributed by atoms with Gasteiger partial charge in [-0.15, -0.1) is 0 Å². The van der Waals surface area contributed by atoms with Crippen LogP contribution in [0.2, 0.25) is 0 Å². The van der Waals surface area contributed by atoms with Crippen LogP contribution >= 0.6 is 0 Å². The molecule has 0 amide bonds. The molecule has 1 saturated heterocycles. The average molecular weight is 259 g/mol. The van der Waals surface area contributed by atoms with E-state index in [4.69, 9.17) is 9.47 Å². The van der Waals surface area contributed by atoms with Crippen molar-refractivity contribution >= 4 is 5.97 Å². The van der Waals surface area contributed by atoms with Gasteiger partial charge in [0.2, 0.25) is 0 Å². The number of carbonyl (C=O) groups excluding carboxylic acids is 1. The first-order valence-electron chi connectivity index (χ1n) is 6.52.